The van der Waals surface area contributed by atoms with Crippen LogP contribution in [-0.4, -0.2) is 27.9 Å². The normalized spacial score (nSPS) is 12.2. The van der Waals surface area contributed by atoms with Crippen LogP contribution in [0, 0.1) is 5.92 Å². The fourth-order valence-corrected chi connectivity index (χ4v) is 1.56. The number of nitrogens with one attached hydrogen (secondary N) is 1. The van der Waals surface area contributed by atoms with Gasteiger partial charge in [-0.05, 0) is 31.4 Å². The van der Waals surface area contributed by atoms with Gasteiger partial charge in [-0.15, -0.1) is 0 Å². The minimum Gasteiger partial charge on any atom is -0.480 e. The van der Waals surface area contributed by atoms with Crippen LogP contribution in [0.3, 0.4) is 0 Å². The monoisotopic (exact) mass is 250 g/mol. The number of pyridine rings is 1. The molecule has 0 saturated heterocycles. The first-order valence-corrected chi connectivity index (χ1v) is 5.86. The van der Waals surface area contributed by atoms with Gasteiger partial charge in [0, 0.05) is 11.8 Å². The maximum absolute atomic E-state index is 11.1. The minimum absolute atomic E-state index is 0.0639. The van der Waals surface area contributed by atoms with Gasteiger partial charge in [-0.2, -0.15) is 0 Å². The summed E-state index contributed by atoms with van der Waals surface area (Å²) in [4.78, 5) is 26.2. The maximum atomic E-state index is 11.1. The van der Waals surface area contributed by atoms with E-state index in [2.05, 4.69) is 10.3 Å². The second-order valence-corrected chi connectivity index (χ2v) is 4.65. The van der Waals surface area contributed by atoms with Gasteiger partial charge >= 0.3 is 5.97 Å². The number of carbonyl (C=O) groups excluding carboxylic acids is 1. The first kappa shape index (κ1) is 14.2. The largest absolute Gasteiger partial charge is 0.480 e. The lowest BCUT2D eigenvalue weighted by Gasteiger charge is -2.16. The number of aliphatic carboxylic acids is 1. The molecule has 18 heavy (non-hydrogen) atoms. The van der Waals surface area contributed by atoms with Crippen molar-refractivity contribution in [2.45, 2.75) is 33.2 Å². The van der Waals surface area contributed by atoms with Crippen LogP contribution in [-0.2, 0) is 4.79 Å². The lowest BCUT2D eigenvalue weighted by molar-refractivity contribution is -0.138. The van der Waals surface area contributed by atoms with Crippen molar-refractivity contribution >= 4 is 17.6 Å². The van der Waals surface area contributed by atoms with E-state index >= 15 is 0 Å². The van der Waals surface area contributed by atoms with Gasteiger partial charge in [-0.25, -0.2) is 9.78 Å². The molecule has 0 amide bonds. The number of carboxylic acid groups (broad SMARTS) is 1. The van der Waals surface area contributed by atoms with Gasteiger partial charge in [0.05, 0.1) is 0 Å². The van der Waals surface area contributed by atoms with Crippen molar-refractivity contribution in [1.82, 2.24) is 4.98 Å². The molecule has 0 aliphatic rings. The summed E-state index contributed by atoms with van der Waals surface area (Å²) in [5.41, 5.74) is 0.510. The summed E-state index contributed by atoms with van der Waals surface area (Å²) in [5, 5.41) is 11.9. The number of carbonyl (C=O) groups is 2. The highest BCUT2D eigenvalue weighted by molar-refractivity contribution is 5.93. The molecule has 1 aromatic rings. The summed E-state index contributed by atoms with van der Waals surface area (Å²) in [6, 6.07) is 2.58. The van der Waals surface area contributed by atoms with E-state index in [1.54, 1.807) is 12.1 Å². The zero-order valence-corrected chi connectivity index (χ0v) is 10.8. The van der Waals surface area contributed by atoms with Gasteiger partial charge in [0.2, 0.25) is 0 Å². The highest BCUT2D eigenvalue weighted by atomic mass is 16.4. The Morgan fingerprint density at radius 1 is 1.39 bits per heavy atom. The first-order valence-electron chi connectivity index (χ1n) is 5.86. The van der Waals surface area contributed by atoms with Gasteiger partial charge in [-0.1, -0.05) is 13.8 Å². The third kappa shape index (κ3) is 4.16. The van der Waals surface area contributed by atoms with E-state index in [1.165, 1.54) is 13.1 Å². The van der Waals surface area contributed by atoms with Gasteiger partial charge in [0.25, 0.3) is 0 Å². The van der Waals surface area contributed by atoms with E-state index in [1.807, 2.05) is 13.8 Å². The number of anilines is 1. The van der Waals surface area contributed by atoms with Gasteiger partial charge in [-0.3, -0.25) is 4.79 Å². The minimum atomic E-state index is -0.902. The summed E-state index contributed by atoms with van der Waals surface area (Å²) < 4.78 is 0. The molecule has 1 heterocycles. The highest BCUT2D eigenvalue weighted by Gasteiger charge is 2.18. The average Bonchev–Trinajstić information content (AvgIpc) is 2.28. The Hall–Kier alpha value is -1.91. The summed E-state index contributed by atoms with van der Waals surface area (Å²) in [5.74, 6) is -0.227. The third-order valence-corrected chi connectivity index (χ3v) is 2.50. The molecule has 98 valence electrons. The van der Waals surface area contributed by atoms with Crippen molar-refractivity contribution in [3.8, 4) is 0 Å². The summed E-state index contributed by atoms with van der Waals surface area (Å²) in [6.07, 6.45) is 1.96. The maximum Gasteiger partial charge on any atom is 0.326 e. The number of carboxylic acids is 1. The van der Waals surface area contributed by atoms with Crippen LogP contribution < -0.4 is 5.32 Å². The average molecular weight is 250 g/mol. The van der Waals surface area contributed by atoms with Crippen LogP contribution >= 0.6 is 0 Å². The van der Waals surface area contributed by atoms with Crippen LogP contribution in [0.4, 0.5) is 5.82 Å². The van der Waals surface area contributed by atoms with E-state index in [0.717, 1.165) is 0 Å². The fraction of sp³-hybridized carbons (Fsp3) is 0.462. The Bertz CT molecular complexity index is 426. The molecule has 1 atom stereocenters. The Kier molecular flexibility index (Phi) is 4.83. The molecule has 0 aromatic carbocycles. The molecule has 5 heteroatoms. The lowest BCUT2D eigenvalue weighted by atomic mass is 10.0. The Morgan fingerprint density at radius 3 is 2.44 bits per heavy atom. The summed E-state index contributed by atoms with van der Waals surface area (Å²) >= 11 is 0. The second-order valence-electron chi connectivity index (χ2n) is 4.65. The van der Waals surface area contributed by atoms with E-state index in [4.69, 9.17) is 5.11 Å². The van der Waals surface area contributed by atoms with Crippen LogP contribution in [0.2, 0.25) is 0 Å². The van der Waals surface area contributed by atoms with E-state index < -0.39 is 12.0 Å². The lowest BCUT2D eigenvalue weighted by Crippen LogP contribution is -2.31. The van der Waals surface area contributed by atoms with Gasteiger partial charge < -0.3 is 10.4 Å². The predicted octanol–water partition coefficient (Wildman–Crippen LogP) is 2.20. The molecule has 1 aromatic heterocycles. The molecule has 0 fully saturated rings. The number of Topliss-reactive ketones (excluding diaryl/α,β-unsaturated/α-hetero) is 1. The summed E-state index contributed by atoms with van der Waals surface area (Å²) in [6.45, 7) is 5.39. The topological polar surface area (TPSA) is 79.3 Å². The smallest absolute Gasteiger partial charge is 0.326 e. The molecule has 0 bridgehead atoms. The fourth-order valence-electron chi connectivity index (χ4n) is 1.56. The molecular formula is C13H18N2O3. The molecule has 0 spiro atoms. The number of aromatic nitrogens is 1. The molecule has 0 aliphatic heterocycles. The summed E-state index contributed by atoms with van der Waals surface area (Å²) in [7, 11) is 0. The van der Waals surface area contributed by atoms with Crippen LogP contribution in [0.25, 0.3) is 0 Å². The quantitative estimate of drug-likeness (QED) is 0.756. The van der Waals surface area contributed by atoms with Crippen molar-refractivity contribution in [3.63, 3.8) is 0 Å². The number of rotatable bonds is 6. The van der Waals surface area contributed by atoms with E-state index in [0.29, 0.717) is 17.8 Å². The van der Waals surface area contributed by atoms with Crippen molar-refractivity contribution < 1.29 is 14.7 Å². The molecule has 0 unspecified atom stereocenters. The Balaban J connectivity index is 2.75. The number of hydrogen-bond donors (Lipinski definition) is 2. The number of nitrogens with zero attached hydrogens (tertiary/aromatic N) is 1. The zero-order chi connectivity index (χ0) is 13.7. The zero-order valence-electron chi connectivity index (χ0n) is 10.8. The molecule has 5 nitrogen and oxygen atoms in total. The number of ketones is 1. The molecule has 2 N–H and O–H groups in total. The Morgan fingerprint density at radius 2 is 2.06 bits per heavy atom. The van der Waals surface area contributed by atoms with Crippen LogP contribution in [0.1, 0.15) is 37.6 Å². The van der Waals surface area contributed by atoms with Crippen LogP contribution in [0.5, 0.6) is 0 Å². The molecule has 0 saturated carbocycles. The van der Waals surface area contributed by atoms with Gasteiger partial charge in [0.1, 0.15) is 11.9 Å². The van der Waals surface area contributed by atoms with E-state index in [9.17, 15) is 9.59 Å². The van der Waals surface area contributed by atoms with Crippen LogP contribution in [0.15, 0.2) is 18.3 Å². The Labute approximate surface area is 106 Å². The van der Waals surface area contributed by atoms with Gasteiger partial charge in [0.15, 0.2) is 5.78 Å². The molecule has 1 rings (SSSR count). The highest BCUT2D eigenvalue weighted by Crippen LogP contribution is 2.12. The van der Waals surface area contributed by atoms with Crippen molar-refractivity contribution in [2.24, 2.45) is 5.92 Å². The molecular weight excluding hydrogens is 232 g/mol. The SMILES string of the molecule is CC(=O)c1ccc(N[C@H](CC(C)C)C(=O)O)nc1. The van der Waals surface area contributed by atoms with Crippen molar-refractivity contribution in [2.75, 3.05) is 5.32 Å². The standard InChI is InChI=1S/C13H18N2O3/c1-8(2)6-11(13(17)18)15-12-5-4-10(7-14-12)9(3)16/h4-5,7-8,11H,6H2,1-3H3,(H,14,15)(H,17,18)/t11-/m1/s1. The molecule has 0 radical (unpaired) electrons. The first-order chi connectivity index (χ1) is 8.40. The third-order valence-electron chi connectivity index (χ3n) is 2.50. The molecule has 0 aliphatic carbocycles. The van der Waals surface area contributed by atoms with Crippen molar-refractivity contribution in [3.05, 3.63) is 23.9 Å². The second kappa shape index (κ2) is 6.14. The predicted molar refractivity (Wildman–Crippen MR) is 68.7 cm³/mol. The van der Waals surface area contributed by atoms with Crippen molar-refractivity contribution in [1.29, 1.82) is 0 Å². The van der Waals surface area contributed by atoms with E-state index in [-0.39, 0.29) is 11.7 Å². The number of hydrogen-bond acceptors (Lipinski definition) is 4.